The van der Waals surface area contributed by atoms with Crippen LogP contribution in [-0.2, 0) is 13.0 Å². The smallest absolute Gasteiger partial charge is 0.251 e. The lowest BCUT2D eigenvalue weighted by Crippen LogP contribution is -2.38. The fourth-order valence-electron chi connectivity index (χ4n) is 2.23. The molecule has 0 spiro atoms. The zero-order valence-corrected chi connectivity index (χ0v) is 14.1. The van der Waals surface area contributed by atoms with Crippen LogP contribution in [0.3, 0.4) is 0 Å². The van der Waals surface area contributed by atoms with Crippen LogP contribution in [0, 0.1) is 0 Å². The highest BCUT2D eigenvalue weighted by molar-refractivity contribution is 5.94. The Morgan fingerprint density at radius 1 is 1.21 bits per heavy atom. The number of amides is 1. The molecule has 128 valence electrons. The first-order chi connectivity index (χ1) is 11.7. The first-order valence-corrected chi connectivity index (χ1v) is 8.08. The number of furan rings is 1. The molecule has 0 bridgehead atoms. The summed E-state index contributed by atoms with van der Waals surface area (Å²) < 4.78 is 5.31. The number of benzene rings is 1. The van der Waals surface area contributed by atoms with Crippen LogP contribution in [0.25, 0.3) is 0 Å². The first-order valence-electron chi connectivity index (χ1n) is 8.08. The molecule has 0 unspecified atom stereocenters. The molecular formula is C18H24N4O2. The van der Waals surface area contributed by atoms with Gasteiger partial charge in [0, 0.05) is 32.1 Å². The van der Waals surface area contributed by atoms with Gasteiger partial charge in [0.15, 0.2) is 5.96 Å². The number of aliphatic imine (C=N–C) groups is 1. The van der Waals surface area contributed by atoms with Crippen molar-refractivity contribution in [2.24, 2.45) is 4.99 Å². The highest BCUT2D eigenvalue weighted by Gasteiger charge is 2.04. The van der Waals surface area contributed by atoms with E-state index >= 15 is 0 Å². The Balaban J connectivity index is 1.93. The summed E-state index contributed by atoms with van der Waals surface area (Å²) in [6.45, 7) is 4.04. The van der Waals surface area contributed by atoms with E-state index in [0.29, 0.717) is 12.1 Å². The summed E-state index contributed by atoms with van der Waals surface area (Å²) in [6.07, 6.45) is 2.47. The van der Waals surface area contributed by atoms with Crippen LogP contribution in [0.5, 0.6) is 0 Å². The van der Waals surface area contributed by atoms with Crippen LogP contribution >= 0.6 is 0 Å². The number of carbonyl (C=O) groups is 1. The molecule has 1 aromatic heterocycles. The van der Waals surface area contributed by atoms with Crippen molar-refractivity contribution in [3.8, 4) is 0 Å². The van der Waals surface area contributed by atoms with Gasteiger partial charge in [-0.1, -0.05) is 12.1 Å². The summed E-state index contributed by atoms with van der Waals surface area (Å²) in [5, 5.41) is 9.11. The largest absolute Gasteiger partial charge is 0.469 e. The minimum Gasteiger partial charge on any atom is -0.469 e. The van der Waals surface area contributed by atoms with Gasteiger partial charge in [-0.05, 0) is 36.8 Å². The lowest BCUT2D eigenvalue weighted by Gasteiger charge is -2.11. The summed E-state index contributed by atoms with van der Waals surface area (Å²) in [4.78, 5) is 16.2. The van der Waals surface area contributed by atoms with Crippen molar-refractivity contribution in [1.29, 1.82) is 0 Å². The summed E-state index contributed by atoms with van der Waals surface area (Å²) in [6, 6.07) is 11.3. The van der Waals surface area contributed by atoms with Gasteiger partial charge in [-0.2, -0.15) is 0 Å². The lowest BCUT2D eigenvalue weighted by molar-refractivity contribution is 0.0963. The predicted octanol–water partition coefficient (Wildman–Crippen LogP) is 1.94. The molecule has 6 heteroatoms. The van der Waals surface area contributed by atoms with Crippen LogP contribution in [0.4, 0.5) is 0 Å². The zero-order valence-electron chi connectivity index (χ0n) is 14.1. The molecule has 0 aliphatic rings. The lowest BCUT2D eigenvalue weighted by atomic mass is 10.1. The quantitative estimate of drug-likeness (QED) is 0.536. The van der Waals surface area contributed by atoms with Gasteiger partial charge in [0.1, 0.15) is 5.76 Å². The fraction of sp³-hybridized carbons (Fsp3) is 0.333. The minimum absolute atomic E-state index is 0.0932. The Hall–Kier alpha value is -2.76. The number of hydrogen-bond donors (Lipinski definition) is 3. The van der Waals surface area contributed by atoms with E-state index in [1.807, 2.05) is 37.3 Å². The van der Waals surface area contributed by atoms with Gasteiger partial charge in [-0.15, -0.1) is 0 Å². The van der Waals surface area contributed by atoms with Crippen molar-refractivity contribution in [3.63, 3.8) is 0 Å². The minimum atomic E-state index is -0.0932. The molecule has 0 saturated carbocycles. The fourth-order valence-corrected chi connectivity index (χ4v) is 2.23. The summed E-state index contributed by atoms with van der Waals surface area (Å²) in [5.41, 5.74) is 1.63. The molecule has 1 heterocycles. The second kappa shape index (κ2) is 9.39. The van der Waals surface area contributed by atoms with Gasteiger partial charge in [0.2, 0.25) is 0 Å². The van der Waals surface area contributed by atoms with Crippen LogP contribution < -0.4 is 16.0 Å². The van der Waals surface area contributed by atoms with Gasteiger partial charge in [-0.25, -0.2) is 4.99 Å². The molecule has 0 radical (unpaired) electrons. The molecule has 0 aliphatic heterocycles. The monoisotopic (exact) mass is 328 g/mol. The number of rotatable bonds is 7. The van der Waals surface area contributed by atoms with Crippen molar-refractivity contribution in [1.82, 2.24) is 16.0 Å². The molecule has 0 fully saturated rings. The molecule has 0 aliphatic carbocycles. The highest BCUT2D eigenvalue weighted by Crippen LogP contribution is 2.06. The normalized spacial score (nSPS) is 11.2. The van der Waals surface area contributed by atoms with E-state index in [9.17, 15) is 4.79 Å². The number of hydrogen-bond acceptors (Lipinski definition) is 3. The molecule has 6 nitrogen and oxygen atoms in total. The molecule has 1 aromatic carbocycles. The molecule has 0 atom stereocenters. The highest BCUT2D eigenvalue weighted by atomic mass is 16.3. The van der Waals surface area contributed by atoms with Crippen molar-refractivity contribution < 1.29 is 9.21 Å². The third-order valence-corrected chi connectivity index (χ3v) is 3.42. The summed E-state index contributed by atoms with van der Waals surface area (Å²) >= 11 is 0. The van der Waals surface area contributed by atoms with Crippen molar-refractivity contribution in [2.45, 2.75) is 19.9 Å². The van der Waals surface area contributed by atoms with Gasteiger partial charge < -0.3 is 20.4 Å². The Morgan fingerprint density at radius 2 is 2.08 bits per heavy atom. The van der Waals surface area contributed by atoms with E-state index in [1.165, 1.54) is 0 Å². The average Bonchev–Trinajstić information content (AvgIpc) is 3.12. The number of nitrogens with one attached hydrogen (secondary N) is 3. The maximum absolute atomic E-state index is 11.7. The third-order valence-electron chi connectivity index (χ3n) is 3.42. The Kier molecular flexibility index (Phi) is 6.89. The van der Waals surface area contributed by atoms with Crippen LogP contribution in [0.15, 0.2) is 52.1 Å². The number of carbonyl (C=O) groups excluding carboxylic acids is 1. The second-order valence-corrected chi connectivity index (χ2v) is 5.23. The van der Waals surface area contributed by atoms with Crippen LogP contribution in [-0.4, -0.2) is 32.0 Å². The molecule has 2 aromatic rings. The Morgan fingerprint density at radius 3 is 2.79 bits per heavy atom. The molecule has 24 heavy (non-hydrogen) atoms. The second-order valence-electron chi connectivity index (χ2n) is 5.23. The van der Waals surface area contributed by atoms with E-state index in [1.54, 1.807) is 19.4 Å². The van der Waals surface area contributed by atoms with E-state index in [0.717, 1.165) is 36.8 Å². The average molecular weight is 328 g/mol. The van der Waals surface area contributed by atoms with E-state index < -0.39 is 0 Å². The topological polar surface area (TPSA) is 78.7 Å². The standard InChI is InChI=1S/C18H24N4O2/c1-3-20-18(21-10-9-16-8-5-11-24-16)22-13-14-6-4-7-15(12-14)17(23)19-2/h4-8,11-12H,3,9-10,13H2,1-2H3,(H,19,23)(H2,20,21,22). The SMILES string of the molecule is CCNC(=NCc1cccc(C(=O)NC)c1)NCCc1ccco1. The molecule has 3 N–H and O–H groups in total. The number of nitrogens with zero attached hydrogens (tertiary/aromatic N) is 1. The van der Waals surface area contributed by atoms with Crippen molar-refractivity contribution in [3.05, 3.63) is 59.5 Å². The van der Waals surface area contributed by atoms with Gasteiger partial charge in [-0.3, -0.25) is 4.79 Å². The molecular weight excluding hydrogens is 304 g/mol. The summed E-state index contributed by atoms with van der Waals surface area (Å²) in [7, 11) is 1.62. The first kappa shape index (κ1) is 17.6. The van der Waals surface area contributed by atoms with E-state index in [4.69, 9.17) is 4.42 Å². The maximum atomic E-state index is 11.7. The molecule has 1 amide bonds. The van der Waals surface area contributed by atoms with Crippen LogP contribution in [0.2, 0.25) is 0 Å². The summed E-state index contributed by atoms with van der Waals surface area (Å²) in [5.74, 6) is 1.59. The van der Waals surface area contributed by atoms with Gasteiger partial charge in [0.05, 0.1) is 12.8 Å². The van der Waals surface area contributed by atoms with E-state index in [-0.39, 0.29) is 5.91 Å². The Bertz CT molecular complexity index is 665. The van der Waals surface area contributed by atoms with Gasteiger partial charge >= 0.3 is 0 Å². The Labute approximate surface area is 142 Å². The van der Waals surface area contributed by atoms with Crippen LogP contribution in [0.1, 0.15) is 28.6 Å². The molecule has 0 saturated heterocycles. The number of guanidine groups is 1. The zero-order chi connectivity index (χ0) is 17.2. The van der Waals surface area contributed by atoms with E-state index in [2.05, 4.69) is 20.9 Å². The predicted molar refractivity (Wildman–Crippen MR) is 95.1 cm³/mol. The molecule has 2 rings (SSSR count). The van der Waals surface area contributed by atoms with Crippen molar-refractivity contribution in [2.75, 3.05) is 20.1 Å². The van der Waals surface area contributed by atoms with Crippen molar-refractivity contribution >= 4 is 11.9 Å². The van der Waals surface area contributed by atoms with Gasteiger partial charge in [0.25, 0.3) is 5.91 Å². The maximum Gasteiger partial charge on any atom is 0.251 e. The third kappa shape index (κ3) is 5.46.